The van der Waals surface area contributed by atoms with E-state index in [-0.39, 0.29) is 12.3 Å². The Morgan fingerprint density at radius 1 is 1.50 bits per heavy atom. The summed E-state index contributed by atoms with van der Waals surface area (Å²) in [6, 6.07) is 7.67. The first-order chi connectivity index (χ1) is 7.63. The van der Waals surface area contributed by atoms with Crippen LogP contribution < -0.4 is 20.9 Å². The van der Waals surface area contributed by atoms with E-state index in [4.69, 9.17) is 10.6 Å². The van der Waals surface area contributed by atoms with Gasteiger partial charge < -0.3 is 9.64 Å². The molecule has 0 saturated heterocycles. The Labute approximate surface area is 95.2 Å². The second kappa shape index (κ2) is 5.97. The zero-order valence-corrected chi connectivity index (χ0v) is 9.56. The summed E-state index contributed by atoms with van der Waals surface area (Å²) < 4.78 is 5.43. The average molecular weight is 223 g/mol. The molecule has 5 heteroatoms. The lowest BCUT2D eigenvalue weighted by molar-refractivity contribution is -0.121. The van der Waals surface area contributed by atoms with E-state index in [1.165, 1.54) is 0 Å². The number of hydrazine groups is 1. The summed E-state index contributed by atoms with van der Waals surface area (Å²) in [4.78, 5) is 12.8. The van der Waals surface area contributed by atoms with Crippen LogP contribution in [0.2, 0.25) is 0 Å². The lowest BCUT2D eigenvalue weighted by atomic mass is 10.3. The minimum absolute atomic E-state index is 0.233. The summed E-state index contributed by atoms with van der Waals surface area (Å²) in [5.74, 6) is 5.47. The molecule has 88 valence electrons. The van der Waals surface area contributed by atoms with Gasteiger partial charge in [-0.2, -0.15) is 0 Å². The molecule has 1 amide bonds. The molecule has 0 bridgehead atoms. The third-order valence-electron chi connectivity index (χ3n) is 2.09. The molecule has 0 fully saturated rings. The van der Waals surface area contributed by atoms with Gasteiger partial charge in [-0.3, -0.25) is 10.2 Å². The number of ether oxygens (including phenoxy) is 1. The fourth-order valence-electron chi connectivity index (χ4n) is 1.19. The molecule has 5 nitrogen and oxygen atoms in total. The largest absolute Gasteiger partial charge is 0.493 e. The van der Waals surface area contributed by atoms with Crippen molar-refractivity contribution in [2.24, 2.45) is 5.84 Å². The van der Waals surface area contributed by atoms with E-state index >= 15 is 0 Å². The summed E-state index contributed by atoms with van der Waals surface area (Å²) in [6.45, 7) is 0.319. The summed E-state index contributed by atoms with van der Waals surface area (Å²) in [5.41, 5.74) is 3.11. The second-order valence-electron chi connectivity index (χ2n) is 3.56. The van der Waals surface area contributed by atoms with Gasteiger partial charge in [0.2, 0.25) is 5.91 Å². The molecule has 1 aromatic carbocycles. The highest BCUT2D eigenvalue weighted by molar-refractivity contribution is 5.75. The van der Waals surface area contributed by atoms with Crippen LogP contribution in [0.4, 0.5) is 5.69 Å². The fraction of sp³-hybridized carbons (Fsp3) is 0.364. The van der Waals surface area contributed by atoms with E-state index in [1.54, 1.807) is 0 Å². The van der Waals surface area contributed by atoms with Gasteiger partial charge >= 0.3 is 0 Å². The molecule has 1 aromatic rings. The molecule has 0 atom stereocenters. The maximum absolute atomic E-state index is 10.9. The number of nitrogens with two attached hydrogens (primary N) is 1. The highest BCUT2D eigenvalue weighted by Crippen LogP contribution is 2.19. The molecule has 0 aliphatic rings. The molecule has 3 N–H and O–H groups in total. The Morgan fingerprint density at radius 3 is 2.88 bits per heavy atom. The number of carbonyl (C=O) groups excluding carboxylic acids is 1. The molecule has 0 saturated carbocycles. The Morgan fingerprint density at radius 2 is 2.25 bits per heavy atom. The van der Waals surface area contributed by atoms with Crippen LogP contribution in [-0.2, 0) is 4.79 Å². The predicted octanol–water partition coefficient (Wildman–Crippen LogP) is 0.511. The molecule has 0 spiro atoms. The minimum atomic E-state index is -0.233. The van der Waals surface area contributed by atoms with Crippen LogP contribution in [0.25, 0.3) is 0 Å². The normalized spacial score (nSPS) is 9.69. The zero-order chi connectivity index (χ0) is 12.0. The van der Waals surface area contributed by atoms with Crippen molar-refractivity contribution in [3.63, 3.8) is 0 Å². The number of rotatable bonds is 5. The first-order valence-corrected chi connectivity index (χ1v) is 5.03. The number of anilines is 1. The van der Waals surface area contributed by atoms with Crippen LogP contribution in [0, 0.1) is 0 Å². The third-order valence-corrected chi connectivity index (χ3v) is 2.09. The third kappa shape index (κ3) is 3.78. The number of amides is 1. The Hall–Kier alpha value is -1.75. The molecule has 1 rings (SSSR count). The quantitative estimate of drug-likeness (QED) is 0.433. The topological polar surface area (TPSA) is 67.6 Å². The second-order valence-corrected chi connectivity index (χ2v) is 3.56. The van der Waals surface area contributed by atoms with Crippen molar-refractivity contribution in [2.45, 2.75) is 6.42 Å². The van der Waals surface area contributed by atoms with Crippen molar-refractivity contribution in [3.8, 4) is 5.75 Å². The number of carbonyl (C=O) groups is 1. The Balaban J connectivity index is 2.48. The van der Waals surface area contributed by atoms with Gasteiger partial charge in [-0.05, 0) is 12.1 Å². The molecule has 0 heterocycles. The van der Waals surface area contributed by atoms with Crippen LogP contribution in [0.3, 0.4) is 0 Å². The van der Waals surface area contributed by atoms with Gasteiger partial charge in [0.25, 0.3) is 0 Å². The lowest BCUT2D eigenvalue weighted by Crippen LogP contribution is -2.31. The number of benzene rings is 1. The van der Waals surface area contributed by atoms with Gasteiger partial charge in [-0.15, -0.1) is 0 Å². The van der Waals surface area contributed by atoms with Crippen LogP contribution >= 0.6 is 0 Å². The Kier molecular flexibility index (Phi) is 4.60. The van der Waals surface area contributed by atoms with Crippen molar-refractivity contribution in [1.82, 2.24) is 5.43 Å². The van der Waals surface area contributed by atoms with Gasteiger partial charge in [0.15, 0.2) is 0 Å². The average Bonchev–Trinajstić information content (AvgIpc) is 2.29. The van der Waals surface area contributed by atoms with Crippen molar-refractivity contribution >= 4 is 11.6 Å². The molecule has 0 aliphatic heterocycles. The van der Waals surface area contributed by atoms with E-state index in [9.17, 15) is 4.79 Å². The number of nitrogens with one attached hydrogen (secondary N) is 1. The molecular weight excluding hydrogens is 206 g/mol. The molecule has 0 aromatic heterocycles. The zero-order valence-electron chi connectivity index (χ0n) is 9.56. The fourth-order valence-corrected chi connectivity index (χ4v) is 1.19. The van der Waals surface area contributed by atoms with Crippen molar-refractivity contribution in [3.05, 3.63) is 24.3 Å². The maximum Gasteiger partial charge on any atom is 0.237 e. The molecule has 0 radical (unpaired) electrons. The number of hydrogen-bond donors (Lipinski definition) is 2. The standard InChI is InChI=1S/C11H17N3O2/c1-14(2)9-4-3-5-10(8-9)16-7-6-11(15)13-12/h3-5,8H,6-7,12H2,1-2H3,(H,13,15). The minimum Gasteiger partial charge on any atom is -0.493 e. The van der Waals surface area contributed by atoms with Crippen LogP contribution in [0.5, 0.6) is 5.75 Å². The van der Waals surface area contributed by atoms with Gasteiger partial charge in [0.1, 0.15) is 5.75 Å². The van der Waals surface area contributed by atoms with Crippen LogP contribution in [0.1, 0.15) is 6.42 Å². The SMILES string of the molecule is CN(C)c1cccc(OCCC(=O)NN)c1. The number of nitrogens with zero attached hydrogens (tertiary/aromatic N) is 1. The summed E-state index contributed by atoms with van der Waals surface area (Å²) in [7, 11) is 3.92. The Bertz CT molecular complexity index is 353. The number of hydrogen-bond acceptors (Lipinski definition) is 4. The molecule has 0 unspecified atom stereocenters. The smallest absolute Gasteiger partial charge is 0.237 e. The predicted molar refractivity (Wildman–Crippen MR) is 63.2 cm³/mol. The van der Waals surface area contributed by atoms with E-state index in [1.807, 2.05) is 43.3 Å². The van der Waals surface area contributed by atoms with Crippen molar-refractivity contribution in [1.29, 1.82) is 0 Å². The maximum atomic E-state index is 10.9. The summed E-state index contributed by atoms with van der Waals surface area (Å²) >= 11 is 0. The van der Waals surface area contributed by atoms with E-state index < -0.39 is 0 Å². The van der Waals surface area contributed by atoms with Crippen molar-refractivity contribution < 1.29 is 9.53 Å². The first kappa shape index (κ1) is 12.3. The lowest BCUT2D eigenvalue weighted by Gasteiger charge is -2.13. The van der Waals surface area contributed by atoms with E-state index in [0.717, 1.165) is 11.4 Å². The highest BCUT2D eigenvalue weighted by Gasteiger charge is 2.01. The van der Waals surface area contributed by atoms with Crippen LogP contribution in [0.15, 0.2) is 24.3 Å². The summed E-state index contributed by atoms with van der Waals surface area (Å²) in [6.07, 6.45) is 0.253. The molecule has 16 heavy (non-hydrogen) atoms. The first-order valence-electron chi connectivity index (χ1n) is 5.03. The van der Waals surface area contributed by atoms with Gasteiger partial charge in [0, 0.05) is 25.8 Å². The molecular formula is C11H17N3O2. The monoisotopic (exact) mass is 223 g/mol. The van der Waals surface area contributed by atoms with Crippen LogP contribution in [-0.4, -0.2) is 26.6 Å². The van der Waals surface area contributed by atoms with Gasteiger partial charge in [-0.1, -0.05) is 6.07 Å². The van der Waals surface area contributed by atoms with E-state index in [2.05, 4.69) is 5.43 Å². The van der Waals surface area contributed by atoms with Crippen molar-refractivity contribution in [2.75, 3.05) is 25.6 Å². The van der Waals surface area contributed by atoms with E-state index in [0.29, 0.717) is 6.61 Å². The molecule has 0 aliphatic carbocycles. The highest BCUT2D eigenvalue weighted by atomic mass is 16.5. The van der Waals surface area contributed by atoms with Gasteiger partial charge in [-0.25, -0.2) is 5.84 Å². The summed E-state index contributed by atoms with van der Waals surface area (Å²) in [5, 5.41) is 0. The van der Waals surface area contributed by atoms with Gasteiger partial charge in [0.05, 0.1) is 13.0 Å².